The van der Waals surface area contributed by atoms with Crippen molar-refractivity contribution >= 4 is 18.0 Å². The molecule has 0 aliphatic heterocycles. The molecule has 6 heteroatoms. The van der Waals surface area contributed by atoms with E-state index in [9.17, 15) is 9.59 Å². The minimum Gasteiger partial charge on any atom is -0.493 e. The lowest BCUT2D eigenvalue weighted by molar-refractivity contribution is -0.144. The molecule has 164 valence electrons. The van der Waals surface area contributed by atoms with Gasteiger partial charge in [-0.25, -0.2) is 4.79 Å². The van der Waals surface area contributed by atoms with Crippen LogP contribution in [0.3, 0.4) is 0 Å². The summed E-state index contributed by atoms with van der Waals surface area (Å²) in [4.78, 5) is 24.3. The first-order valence-corrected chi connectivity index (χ1v) is 10.6. The lowest BCUT2D eigenvalue weighted by Crippen LogP contribution is -2.34. The van der Waals surface area contributed by atoms with Gasteiger partial charge in [-0.2, -0.15) is 0 Å². The standard InChI is InChI=1S/C25H29NO5/c1-3-15-30-22-13-11-18(16-23(22)29-2)12-14-25(28)31-17-24(27)26-21-10-6-8-19-7-4-5-9-20(19)21/h4-5,7,9,11-14,16,21H,3,6,8,10,15,17H2,1-2H3,(H,26,27)/b14-12+/t21-/m1/s1. The van der Waals surface area contributed by atoms with Crippen molar-refractivity contribution < 1.29 is 23.8 Å². The zero-order valence-electron chi connectivity index (χ0n) is 18.1. The van der Waals surface area contributed by atoms with Gasteiger partial charge in [0.25, 0.3) is 5.91 Å². The van der Waals surface area contributed by atoms with E-state index in [0.717, 1.165) is 36.8 Å². The third-order valence-electron chi connectivity index (χ3n) is 5.11. The van der Waals surface area contributed by atoms with Crippen LogP contribution in [0.25, 0.3) is 6.08 Å². The molecule has 1 atom stereocenters. The number of aryl methyl sites for hydroxylation is 1. The number of carbonyl (C=O) groups excluding carboxylic acids is 2. The molecule has 2 aromatic rings. The van der Waals surface area contributed by atoms with Crippen LogP contribution in [-0.2, 0) is 20.7 Å². The number of nitrogens with one attached hydrogen (secondary N) is 1. The van der Waals surface area contributed by atoms with E-state index in [2.05, 4.69) is 11.4 Å². The van der Waals surface area contributed by atoms with Crippen molar-refractivity contribution in [3.05, 3.63) is 65.2 Å². The molecule has 0 bridgehead atoms. The summed E-state index contributed by atoms with van der Waals surface area (Å²) in [5, 5.41) is 2.97. The van der Waals surface area contributed by atoms with Crippen LogP contribution in [0.1, 0.15) is 48.9 Å². The van der Waals surface area contributed by atoms with Gasteiger partial charge in [0, 0.05) is 6.08 Å². The van der Waals surface area contributed by atoms with Gasteiger partial charge in [-0.3, -0.25) is 4.79 Å². The molecule has 0 heterocycles. The molecule has 3 rings (SSSR count). The van der Waals surface area contributed by atoms with Crippen molar-refractivity contribution in [2.45, 2.75) is 38.6 Å². The molecule has 2 aromatic carbocycles. The van der Waals surface area contributed by atoms with Crippen LogP contribution in [-0.4, -0.2) is 32.2 Å². The highest BCUT2D eigenvalue weighted by Gasteiger charge is 2.21. The molecule has 0 unspecified atom stereocenters. The van der Waals surface area contributed by atoms with Crippen molar-refractivity contribution in [3.63, 3.8) is 0 Å². The second-order valence-corrected chi connectivity index (χ2v) is 7.41. The number of amides is 1. The van der Waals surface area contributed by atoms with Gasteiger partial charge < -0.3 is 19.5 Å². The number of benzene rings is 2. The van der Waals surface area contributed by atoms with E-state index < -0.39 is 5.97 Å². The summed E-state index contributed by atoms with van der Waals surface area (Å²) in [6.07, 6.45) is 6.75. The maximum Gasteiger partial charge on any atom is 0.331 e. The van der Waals surface area contributed by atoms with Crippen molar-refractivity contribution in [1.29, 1.82) is 0 Å². The highest BCUT2D eigenvalue weighted by atomic mass is 16.5. The summed E-state index contributed by atoms with van der Waals surface area (Å²) in [5.74, 6) is 0.369. The van der Waals surface area contributed by atoms with Crippen molar-refractivity contribution in [1.82, 2.24) is 5.32 Å². The predicted molar refractivity (Wildman–Crippen MR) is 119 cm³/mol. The quantitative estimate of drug-likeness (QED) is 0.483. The molecule has 0 fully saturated rings. The highest BCUT2D eigenvalue weighted by Crippen LogP contribution is 2.30. The van der Waals surface area contributed by atoms with Gasteiger partial charge in [-0.15, -0.1) is 0 Å². The van der Waals surface area contributed by atoms with Gasteiger partial charge >= 0.3 is 5.97 Å². The number of hydrogen-bond donors (Lipinski definition) is 1. The van der Waals surface area contributed by atoms with Gasteiger partial charge in [0.15, 0.2) is 18.1 Å². The number of carbonyl (C=O) groups is 2. The summed E-state index contributed by atoms with van der Waals surface area (Å²) >= 11 is 0. The van der Waals surface area contributed by atoms with Gasteiger partial charge in [-0.05, 0) is 60.6 Å². The molecule has 0 radical (unpaired) electrons. The maximum atomic E-state index is 12.3. The molecule has 0 saturated heterocycles. The lowest BCUT2D eigenvalue weighted by atomic mass is 9.88. The third kappa shape index (κ3) is 6.35. The summed E-state index contributed by atoms with van der Waals surface area (Å²) in [7, 11) is 1.57. The first kappa shape index (κ1) is 22.4. The first-order valence-electron chi connectivity index (χ1n) is 10.6. The van der Waals surface area contributed by atoms with E-state index in [0.29, 0.717) is 18.1 Å². The average Bonchev–Trinajstić information content (AvgIpc) is 2.80. The SMILES string of the molecule is CCCOc1ccc(/C=C/C(=O)OCC(=O)N[C@@H]2CCCc3ccccc32)cc1OC. The van der Waals surface area contributed by atoms with Crippen LogP contribution in [0.2, 0.25) is 0 Å². The Bertz CT molecular complexity index is 937. The van der Waals surface area contributed by atoms with Gasteiger partial charge in [0.1, 0.15) is 0 Å². The Balaban J connectivity index is 1.50. The number of esters is 1. The molecule has 1 aliphatic rings. The second-order valence-electron chi connectivity index (χ2n) is 7.41. The Morgan fingerprint density at radius 3 is 2.81 bits per heavy atom. The van der Waals surface area contributed by atoms with Crippen molar-refractivity contribution in [3.8, 4) is 11.5 Å². The fourth-order valence-electron chi connectivity index (χ4n) is 3.61. The van der Waals surface area contributed by atoms with Crippen LogP contribution in [0.5, 0.6) is 11.5 Å². The number of methoxy groups -OCH3 is 1. The summed E-state index contributed by atoms with van der Waals surface area (Å²) in [6, 6.07) is 13.5. The van der Waals surface area contributed by atoms with Gasteiger partial charge in [0.05, 0.1) is 19.8 Å². The predicted octanol–water partition coefficient (Wildman–Crippen LogP) is 4.23. The van der Waals surface area contributed by atoms with Crippen molar-refractivity contribution in [2.75, 3.05) is 20.3 Å². The lowest BCUT2D eigenvalue weighted by Gasteiger charge is -2.26. The fourth-order valence-corrected chi connectivity index (χ4v) is 3.61. The molecule has 6 nitrogen and oxygen atoms in total. The number of ether oxygens (including phenoxy) is 3. The number of fused-ring (bicyclic) bond motifs is 1. The topological polar surface area (TPSA) is 73.9 Å². The molecule has 1 amide bonds. The Hall–Kier alpha value is -3.28. The van der Waals surface area contributed by atoms with E-state index in [4.69, 9.17) is 14.2 Å². The second kappa shape index (κ2) is 11.2. The van der Waals surface area contributed by atoms with E-state index in [1.165, 1.54) is 11.6 Å². The summed E-state index contributed by atoms with van der Waals surface area (Å²) < 4.78 is 16.1. The van der Waals surface area contributed by atoms with Gasteiger partial charge in [-0.1, -0.05) is 37.3 Å². The van der Waals surface area contributed by atoms with Crippen LogP contribution < -0.4 is 14.8 Å². The summed E-state index contributed by atoms with van der Waals surface area (Å²) in [5.41, 5.74) is 3.18. The molecule has 0 saturated carbocycles. The van der Waals surface area contributed by atoms with E-state index in [1.54, 1.807) is 25.3 Å². The normalized spacial score (nSPS) is 15.2. The van der Waals surface area contributed by atoms with Crippen LogP contribution in [0.4, 0.5) is 0 Å². The molecule has 0 spiro atoms. The van der Waals surface area contributed by atoms with Crippen molar-refractivity contribution in [2.24, 2.45) is 0 Å². The maximum absolute atomic E-state index is 12.3. The first-order chi connectivity index (χ1) is 15.1. The third-order valence-corrected chi connectivity index (χ3v) is 5.11. The smallest absolute Gasteiger partial charge is 0.331 e. The largest absolute Gasteiger partial charge is 0.493 e. The Kier molecular flexibility index (Phi) is 8.10. The van der Waals surface area contributed by atoms with Crippen LogP contribution in [0.15, 0.2) is 48.5 Å². The Labute approximate surface area is 183 Å². The zero-order valence-corrected chi connectivity index (χ0v) is 18.1. The molecule has 31 heavy (non-hydrogen) atoms. The number of rotatable bonds is 9. The van der Waals surface area contributed by atoms with E-state index in [1.807, 2.05) is 31.2 Å². The van der Waals surface area contributed by atoms with Crippen LogP contribution in [0, 0.1) is 0 Å². The zero-order chi connectivity index (χ0) is 22.1. The van der Waals surface area contributed by atoms with E-state index >= 15 is 0 Å². The molecular formula is C25H29NO5. The number of hydrogen-bond acceptors (Lipinski definition) is 5. The minimum absolute atomic E-state index is 0.0346. The van der Waals surface area contributed by atoms with Crippen LogP contribution >= 0.6 is 0 Å². The van der Waals surface area contributed by atoms with E-state index in [-0.39, 0.29) is 18.6 Å². The molecule has 0 aromatic heterocycles. The Morgan fingerprint density at radius 1 is 1.16 bits per heavy atom. The molecule has 1 N–H and O–H groups in total. The monoisotopic (exact) mass is 423 g/mol. The Morgan fingerprint density at radius 2 is 2.00 bits per heavy atom. The minimum atomic E-state index is -0.579. The fraction of sp³-hybridized carbons (Fsp3) is 0.360. The summed E-state index contributed by atoms with van der Waals surface area (Å²) in [6.45, 7) is 2.32. The molecular weight excluding hydrogens is 394 g/mol. The molecule has 1 aliphatic carbocycles. The van der Waals surface area contributed by atoms with Gasteiger partial charge in [0.2, 0.25) is 0 Å². The average molecular weight is 424 g/mol. The highest BCUT2D eigenvalue weighted by molar-refractivity contribution is 5.89.